The van der Waals surface area contributed by atoms with Crippen molar-refractivity contribution in [3.63, 3.8) is 0 Å². The first kappa shape index (κ1) is 17.3. The van der Waals surface area contributed by atoms with Gasteiger partial charge in [0.25, 0.3) is 0 Å². The number of nitrogens with one attached hydrogen (secondary N) is 2. The average Bonchev–Trinajstić information content (AvgIpc) is 2.80. The Hall–Kier alpha value is -1.10. The number of amides is 1. The topological polar surface area (TPSA) is 44.4 Å². The minimum Gasteiger partial charge on any atom is -0.325 e. The summed E-state index contributed by atoms with van der Waals surface area (Å²) in [5.41, 5.74) is 2.02. The highest BCUT2D eigenvalue weighted by Crippen LogP contribution is 2.29. The van der Waals surface area contributed by atoms with E-state index in [0.29, 0.717) is 24.7 Å². The van der Waals surface area contributed by atoms with Gasteiger partial charge >= 0.3 is 0 Å². The fraction of sp³-hybridized carbons (Fsp3) is 0.588. The monoisotopic (exact) mass is 323 g/mol. The van der Waals surface area contributed by atoms with Gasteiger partial charge in [0.2, 0.25) is 5.91 Å². The van der Waals surface area contributed by atoms with Crippen molar-refractivity contribution in [2.45, 2.75) is 50.7 Å². The zero-order valence-corrected chi connectivity index (χ0v) is 14.2. The summed E-state index contributed by atoms with van der Waals surface area (Å²) in [5, 5.41) is 6.67. The number of fused-ring (bicyclic) bond motifs is 2. The number of carbonyl (C=O) groups is 1. The molecule has 1 amide bonds. The molecule has 2 bridgehead atoms. The number of piperidine rings is 1. The van der Waals surface area contributed by atoms with E-state index in [9.17, 15) is 4.79 Å². The van der Waals surface area contributed by atoms with Gasteiger partial charge in [0.05, 0.1) is 6.54 Å². The number of benzene rings is 1. The van der Waals surface area contributed by atoms with Crippen LogP contribution in [0.15, 0.2) is 24.3 Å². The van der Waals surface area contributed by atoms with Crippen LogP contribution in [-0.2, 0) is 4.79 Å². The highest BCUT2D eigenvalue weighted by molar-refractivity contribution is 5.92. The van der Waals surface area contributed by atoms with E-state index in [-0.39, 0.29) is 18.3 Å². The van der Waals surface area contributed by atoms with E-state index in [1.54, 1.807) is 0 Å². The Morgan fingerprint density at radius 1 is 1.27 bits per heavy atom. The van der Waals surface area contributed by atoms with Crippen molar-refractivity contribution in [3.05, 3.63) is 29.8 Å². The molecular weight excluding hydrogens is 298 g/mol. The first-order valence-corrected chi connectivity index (χ1v) is 7.93. The number of hydrogen-bond acceptors (Lipinski definition) is 3. The van der Waals surface area contributed by atoms with Crippen molar-refractivity contribution in [2.75, 3.05) is 18.9 Å². The highest BCUT2D eigenvalue weighted by atomic mass is 35.5. The number of hydrogen-bond donors (Lipinski definition) is 2. The SMILES string of the molecule is Cc1ccccc1NC(=O)CN(C)C1CC2CCC(C1)N2.Cl. The van der Waals surface area contributed by atoms with Crippen molar-refractivity contribution in [2.24, 2.45) is 0 Å². The highest BCUT2D eigenvalue weighted by Gasteiger charge is 2.35. The Morgan fingerprint density at radius 3 is 2.55 bits per heavy atom. The summed E-state index contributed by atoms with van der Waals surface area (Å²) in [5.74, 6) is 0.0812. The smallest absolute Gasteiger partial charge is 0.238 e. The zero-order chi connectivity index (χ0) is 14.8. The van der Waals surface area contributed by atoms with Gasteiger partial charge in [0.1, 0.15) is 0 Å². The lowest BCUT2D eigenvalue weighted by Crippen LogP contribution is -2.48. The van der Waals surface area contributed by atoms with Crippen molar-refractivity contribution in [1.82, 2.24) is 10.2 Å². The van der Waals surface area contributed by atoms with Crippen molar-refractivity contribution in [3.8, 4) is 0 Å². The van der Waals surface area contributed by atoms with E-state index >= 15 is 0 Å². The molecule has 1 aromatic rings. The lowest BCUT2D eigenvalue weighted by molar-refractivity contribution is -0.117. The van der Waals surface area contributed by atoms with E-state index in [2.05, 4.69) is 22.6 Å². The van der Waals surface area contributed by atoms with Crippen LogP contribution < -0.4 is 10.6 Å². The van der Waals surface area contributed by atoms with Crippen LogP contribution in [0.4, 0.5) is 5.69 Å². The third kappa shape index (κ3) is 4.00. The third-order valence-corrected chi connectivity index (χ3v) is 4.88. The van der Waals surface area contributed by atoms with E-state index < -0.39 is 0 Å². The Balaban J connectivity index is 0.00000176. The van der Waals surface area contributed by atoms with Crippen LogP contribution in [-0.4, -0.2) is 42.5 Å². The minimum absolute atomic E-state index is 0. The molecule has 22 heavy (non-hydrogen) atoms. The number of rotatable bonds is 4. The summed E-state index contributed by atoms with van der Waals surface area (Å²) in [4.78, 5) is 14.5. The second-order valence-corrected chi connectivity index (χ2v) is 6.54. The predicted molar refractivity (Wildman–Crippen MR) is 92.7 cm³/mol. The second-order valence-electron chi connectivity index (χ2n) is 6.54. The van der Waals surface area contributed by atoms with E-state index in [1.165, 1.54) is 25.7 Å². The van der Waals surface area contributed by atoms with Gasteiger partial charge in [-0.25, -0.2) is 0 Å². The molecule has 5 heteroatoms. The summed E-state index contributed by atoms with van der Waals surface area (Å²) in [6.45, 7) is 2.49. The molecule has 122 valence electrons. The fourth-order valence-corrected chi connectivity index (χ4v) is 3.65. The van der Waals surface area contributed by atoms with Crippen molar-refractivity contribution in [1.29, 1.82) is 0 Å². The maximum absolute atomic E-state index is 12.2. The van der Waals surface area contributed by atoms with Crippen LogP contribution in [0, 0.1) is 6.92 Å². The molecular formula is C17H26ClN3O. The third-order valence-electron chi connectivity index (χ3n) is 4.88. The van der Waals surface area contributed by atoms with Crippen LogP contribution in [0.2, 0.25) is 0 Å². The van der Waals surface area contributed by atoms with Crippen molar-refractivity contribution < 1.29 is 4.79 Å². The van der Waals surface area contributed by atoms with E-state index in [4.69, 9.17) is 0 Å². The summed E-state index contributed by atoms with van der Waals surface area (Å²) < 4.78 is 0. The fourth-order valence-electron chi connectivity index (χ4n) is 3.65. The van der Waals surface area contributed by atoms with Crippen molar-refractivity contribution >= 4 is 24.0 Å². The summed E-state index contributed by atoms with van der Waals surface area (Å²) in [7, 11) is 2.08. The molecule has 2 fully saturated rings. The van der Waals surface area contributed by atoms with Crippen LogP contribution in [0.3, 0.4) is 0 Å². The minimum atomic E-state index is 0. The molecule has 4 nitrogen and oxygen atoms in total. The molecule has 2 atom stereocenters. The van der Waals surface area contributed by atoms with Gasteiger partial charge in [-0.05, 0) is 51.3 Å². The number of halogens is 1. The normalized spacial score (nSPS) is 26.6. The number of aryl methyl sites for hydroxylation is 1. The molecule has 0 aromatic heterocycles. The van der Waals surface area contributed by atoms with Crippen LogP contribution in [0.1, 0.15) is 31.2 Å². The predicted octanol–water partition coefficient (Wildman–Crippen LogP) is 2.57. The Labute approximate surface area is 139 Å². The maximum Gasteiger partial charge on any atom is 0.238 e. The molecule has 2 N–H and O–H groups in total. The maximum atomic E-state index is 12.2. The van der Waals surface area contributed by atoms with Crippen LogP contribution in [0.5, 0.6) is 0 Å². The molecule has 2 saturated heterocycles. The van der Waals surface area contributed by atoms with E-state index in [1.807, 2.05) is 31.2 Å². The lowest BCUT2D eigenvalue weighted by Gasteiger charge is -2.35. The average molecular weight is 324 g/mol. The van der Waals surface area contributed by atoms with E-state index in [0.717, 1.165) is 11.3 Å². The quantitative estimate of drug-likeness (QED) is 0.895. The molecule has 2 aliphatic heterocycles. The van der Waals surface area contributed by atoms with Gasteiger partial charge < -0.3 is 10.6 Å². The number of nitrogens with zero attached hydrogens (tertiary/aromatic N) is 1. The summed E-state index contributed by atoms with van der Waals surface area (Å²) in [6.07, 6.45) is 4.93. The molecule has 0 saturated carbocycles. The first-order valence-electron chi connectivity index (χ1n) is 7.93. The zero-order valence-electron chi connectivity index (χ0n) is 13.3. The first-order chi connectivity index (χ1) is 10.1. The van der Waals surface area contributed by atoms with Gasteiger partial charge in [-0.1, -0.05) is 18.2 Å². The van der Waals surface area contributed by atoms with Gasteiger partial charge in [-0.2, -0.15) is 0 Å². The molecule has 0 spiro atoms. The Morgan fingerprint density at radius 2 is 1.91 bits per heavy atom. The summed E-state index contributed by atoms with van der Waals surface area (Å²) in [6, 6.07) is 9.78. The Bertz CT molecular complexity index is 510. The van der Waals surface area contributed by atoms with Gasteiger partial charge in [-0.15, -0.1) is 12.4 Å². The van der Waals surface area contributed by atoms with Crippen LogP contribution >= 0.6 is 12.4 Å². The number of likely N-dealkylation sites (N-methyl/N-ethyl adjacent to an activating group) is 1. The van der Waals surface area contributed by atoms with Gasteiger partial charge in [-0.3, -0.25) is 9.69 Å². The lowest BCUT2D eigenvalue weighted by atomic mass is 9.98. The summed E-state index contributed by atoms with van der Waals surface area (Å²) >= 11 is 0. The molecule has 2 heterocycles. The molecule has 0 aliphatic carbocycles. The Kier molecular flexibility index (Phi) is 5.84. The molecule has 0 radical (unpaired) electrons. The molecule has 3 rings (SSSR count). The molecule has 2 unspecified atom stereocenters. The van der Waals surface area contributed by atoms with Gasteiger partial charge in [0.15, 0.2) is 0 Å². The molecule has 2 aliphatic rings. The largest absolute Gasteiger partial charge is 0.325 e. The number of anilines is 1. The van der Waals surface area contributed by atoms with Crippen LogP contribution in [0.25, 0.3) is 0 Å². The standard InChI is InChI=1S/C17H25N3O.ClH/c1-12-5-3-4-6-16(12)19-17(21)11-20(2)15-9-13-7-8-14(10-15)18-13;/h3-6,13-15,18H,7-11H2,1-2H3,(H,19,21);1H. The number of carbonyl (C=O) groups excluding carboxylic acids is 1. The second kappa shape index (κ2) is 7.44. The molecule has 1 aromatic carbocycles. The number of para-hydroxylation sites is 1. The van der Waals surface area contributed by atoms with Gasteiger partial charge in [0, 0.05) is 23.8 Å².